The molecule has 3 saturated carbocycles. The molecule has 2 bridgehead atoms. The van der Waals surface area contributed by atoms with Gasteiger partial charge in [0.1, 0.15) is 5.75 Å². The highest BCUT2D eigenvalue weighted by Gasteiger charge is 2.67. The lowest BCUT2D eigenvalue weighted by molar-refractivity contribution is 0.344. The van der Waals surface area contributed by atoms with Crippen molar-refractivity contribution in [1.29, 1.82) is 0 Å². The van der Waals surface area contributed by atoms with Crippen molar-refractivity contribution in [1.82, 2.24) is 10.3 Å². The summed E-state index contributed by atoms with van der Waals surface area (Å²) < 4.78 is 5.57. The Kier molecular flexibility index (Phi) is 3.41. The summed E-state index contributed by atoms with van der Waals surface area (Å²) in [5.41, 5.74) is 1.13. The number of ether oxygens (including phenoxy) is 1. The summed E-state index contributed by atoms with van der Waals surface area (Å²) in [6.45, 7) is 3.30. The zero-order chi connectivity index (χ0) is 14.4. The highest BCUT2D eigenvalue weighted by atomic mass is 16.5. The molecule has 3 heteroatoms. The summed E-state index contributed by atoms with van der Waals surface area (Å²) in [6, 6.07) is 4.41. The minimum absolute atomic E-state index is 0.388. The lowest BCUT2D eigenvalue weighted by atomic mass is 9.95. The maximum atomic E-state index is 5.57. The van der Waals surface area contributed by atoms with Crippen LogP contribution < -0.4 is 10.1 Å². The molecule has 5 atom stereocenters. The average molecular weight is 286 g/mol. The van der Waals surface area contributed by atoms with Gasteiger partial charge in [0.25, 0.3) is 0 Å². The number of aromatic nitrogens is 1. The van der Waals surface area contributed by atoms with Gasteiger partial charge in [0.2, 0.25) is 0 Å². The van der Waals surface area contributed by atoms with Gasteiger partial charge in [-0.15, -0.1) is 0 Å². The number of nitrogens with one attached hydrogen (secondary N) is 1. The molecule has 3 aliphatic carbocycles. The first-order valence-corrected chi connectivity index (χ1v) is 8.57. The van der Waals surface area contributed by atoms with Crippen molar-refractivity contribution in [3.63, 3.8) is 0 Å². The van der Waals surface area contributed by atoms with Crippen LogP contribution in [-0.2, 0) is 0 Å². The topological polar surface area (TPSA) is 34.2 Å². The largest absolute Gasteiger partial charge is 0.495 e. The van der Waals surface area contributed by atoms with E-state index in [0.29, 0.717) is 6.04 Å². The van der Waals surface area contributed by atoms with Gasteiger partial charge in [-0.25, -0.2) is 0 Å². The predicted octanol–water partition coefficient (Wildman–Crippen LogP) is 3.42. The van der Waals surface area contributed by atoms with Gasteiger partial charge in [0.15, 0.2) is 0 Å². The van der Waals surface area contributed by atoms with Crippen molar-refractivity contribution in [3.8, 4) is 5.75 Å². The van der Waals surface area contributed by atoms with Gasteiger partial charge in [-0.3, -0.25) is 4.98 Å². The standard InChI is InChI=1S/C18H26N2O/c1-3-8-19-18(17-13(21-2)5-4-9-20-17)16-14-11-6-7-12(10-11)15(14)16/h4-5,9,11-12,14-16,18-19H,3,6-8,10H2,1-2H3. The zero-order valence-electron chi connectivity index (χ0n) is 13.1. The van der Waals surface area contributed by atoms with Gasteiger partial charge < -0.3 is 10.1 Å². The molecule has 5 unspecified atom stereocenters. The second-order valence-corrected chi connectivity index (χ2v) is 7.09. The van der Waals surface area contributed by atoms with Gasteiger partial charge in [-0.1, -0.05) is 6.92 Å². The number of nitrogens with zero attached hydrogens (tertiary/aromatic N) is 1. The minimum atomic E-state index is 0.388. The molecule has 0 radical (unpaired) electrons. The second kappa shape index (κ2) is 5.28. The average Bonchev–Trinajstić information content (AvgIpc) is 2.94. The van der Waals surface area contributed by atoms with Crippen LogP contribution in [0.3, 0.4) is 0 Å². The van der Waals surface area contributed by atoms with E-state index in [1.807, 2.05) is 12.3 Å². The molecule has 0 aromatic carbocycles. The van der Waals surface area contributed by atoms with Crippen molar-refractivity contribution in [2.45, 2.75) is 38.6 Å². The number of pyridine rings is 1. The number of rotatable bonds is 6. The highest BCUT2D eigenvalue weighted by Crippen LogP contribution is 2.72. The van der Waals surface area contributed by atoms with E-state index in [0.717, 1.165) is 47.6 Å². The van der Waals surface area contributed by atoms with Gasteiger partial charge >= 0.3 is 0 Å². The molecule has 0 spiro atoms. The molecule has 1 heterocycles. The van der Waals surface area contributed by atoms with Crippen LogP contribution in [0, 0.1) is 29.6 Å². The number of hydrogen-bond acceptors (Lipinski definition) is 3. The minimum Gasteiger partial charge on any atom is -0.495 e. The summed E-state index contributed by atoms with van der Waals surface area (Å²) in [5, 5.41) is 3.78. The van der Waals surface area contributed by atoms with Crippen molar-refractivity contribution in [2.24, 2.45) is 29.6 Å². The van der Waals surface area contributed by atoms with Crippen LogP contribution in [0.25, 0.3) is 0 Å². The molecule has 0 amide bonds. The molecule has 1 aromatic heterocycles. The Morgan fingerprint density at radius 1 is 1.33 bits per heavy atom. The predicted molar refractivity (Wildman–Crippen MR) is 83.1 cm³/mol. The van der Waals surface area contributed by atoms with E-state index < -0.39 is 0 Å². The zero-order valence-corrected chi connectivity index (χ0v) is 13.1. The third-order valence-corrected chi connectivity index (χ3v) is 6.11. The molecule has 1 aromatic rings. The van der Waals surface area contributed by atoms with Gasteiger partial charge in [-0.2, -0.15) is 0 Å². The van der Waals surface area contributed by atoms with Gasteiger partial charge in [0.05, 0.1) is 18.8 Å². The van der Waals surface area contributed by atoms with Crippen LogP contribution in [0.15, 0.2) is 18.3 Å². The van der Waals surface area contributed by atoms with Crippen LogP contribution in [0.1, 0.15) is 44.3 Å². The van der Waals surface area contributed by atoms with E-state index in [1.54, 1.807) is 7.11 Å². The molecule has 1 N–H and O–H groups in total. The van der Waals surface area contributed by atoms with E-state index in [2.05, 4.69) is 23.3 Å². The fourth-order valence-corrected chi connectivity index (χ4v) is 5.36. The Balaban J connectivity index is 1.61. The number of hydrogen-bond donors (Lipinski definition) is 1. The lowest BCUT2D eigenvalue weighted by Gasteiger charge is -2.23. The van der Waals surface area contributed by atoms with Crippen molar-refractivity contribution >= 4 is 0 Å². The Morgan fingerprint density at radius 2 is 2.10 bits per heavy atom. The van der Waals surface area contributed by atoms with E-state index in [4.69, 9.17) is 4.74 Å². The third kappa shape index (κ3) is 2.09. The van der Waals surface area contributed by atoms with Gasteiger partial charge in [0, 0.05) is 6.20 Å². The fourth-order valence-electron chi connectivity index (χ4n) is 5.36. The van der Waals surface area contributed by atoms with Crippen molar-refractivity contribution in [2.75, 3.05) is 13.7 Å². The molecular formula is C18H26N2O. The first kappa shape index (κ1) is 13.6. The van der Waals surface area contributed by atoms with Gasteiger partial charge in [-0.05, 0) is 74.0 Å². The van der Waals surface area contributed by atoms with Crippen LogP contribution in [0.2, 0.25) is 0 Å². The highest BCUT2D eigenvalue weighted by molar-refractivity contribution is 5.33. The van der Waals surface area contributed by atoms with E-state index >= 15 is 0 Å². The molecular weight excluding hydrogens is 260 g/mol. The summed E-state index contributed by atoms with van der Waals surface area (Å²) >= 11 is 0. The van der Waals surface area contributed by atoms with Crippen LogP contribution in [0.5, 0.6) is 5.75 Å². The molecule has 4 rings (SSSR count). The summed E-state index contributed by atoms with van der Waals surface area (Å²) in [4.78, 5) is 4.67. The van der Waals surface area contributed by atoms with E-state index in [1.165, 1.54) is 25.7 Å². The molecule has 3 nitrogen and oxygen atoms in total. The van der Waals surface area contributed by atoms with Crippen LogP contribution >= 0.6 is 0 Å². The number of fused-ring (bicyclic) bond motifs is 5. The molecule has 3 fully saturated rings. The summed E-state index contributed by atoms with van der Waals surface area (Å²) in [7, 11) is 1.76. The first-order chi connectivity index (χ1) is 10.3. The Morgan fingerprint density at radius 3 is 2.76 bits per heavy atom. The Labute approximate surface area is 127 Å². The van der Waals surface area contributed by atoms with E-state index in [-0.39, 0.29) is 0 Å². The SMILES string of the molecule is CCCNC(c1ncccc1OC)C1C2C3CCC(C3)C21. The Bertz CT molecular complexity index is 502. The smallest absolute Gasteiger partial charge is 0.141 e. The summed E-state index contributed by atoms with van der Waals surface area (Å²) in [6.07, 6.45) is 7.53. The molecule has 21 heavy (non-hydrogen) atoms. The van der Waals surface area contributed by atoms with Crippen LogP contribution in [0.4, 0.5) is 0 Å². The monoisotopic (exact) mass is 286 g/mol. The molecule has 3 aliphatic rings. The van der Waals surface area contributed by atoms with Crippen molar-refractivity contribution in [3.05, 3.63) is 24.0 Å². The van der Waals surface area contributed by atoms with Crippen LogP contribution in [-0.4, -0.2) is 18.6 Å². The first-order valence-electron chi connectivity index (χ1n) is 8.57. The maximum Gasteiger partial charge on any atom is 0.141 e. The summed E-state index contributed by atoms with van der Waals surface area (Å²) in [5.74, 6) is 5.68. The second-order valence-electron chi connectivity index (χ2n) is 7.09. The maximum absolute atomic E-state index is 5.57. The molecule has 114 valence electrons. The molecule has 0 saturated heterocycles. The lowest BCUT2D eigenvalue weighted by Crippen LogP contribution is -2.27. The molecule has 0 aliphatic heterocycles. The van der Waals surface area contributed by atoms with E-state index in [9.17, 15) is 0 Å². The quantitative estimate of drug-likeness (QED) is 0.870. The van der Waals surface area contributed by atoms with Crippen molar-refractivity contribution < 1.29 is 4.74 Å². The normalized spacial score (nSPS) is 37.3. The fraction of sp³-hybridized carbons (Fsp3) is 0.722. The third-order valence-electron chi connectivity index (χ3n) is 6.11. The number of methoxy groups -OCH3 is 1. The Hall–Kier alpha value is -1.09.